The number of hydrogen-bond donors (Lipinski definition) is 2. The first-order valence-corrected chi connectivity index (χ1v) is 22.1. The highest BCUT2D eigenvalue weighted by Gasteiger charge is 2.48. The summed E-state index contributed by atoms with van der Waals surface area (Å²) in [5, 5.41) is 3.02. The smallest absolute Gasteiger partial charge is 0.380 e. The predicted molar refractivity (Wildman–Crippen MR) is 208 cm³/mol. The predicted octanol–water partition coefficient (Wildman–Crippen LogP) is 6.71. The fraction of sp³-hybridized carbons (Fsp3) is 0.500. The van der Waals surface area contributed by atoms with E-state index in [0.717, 1.165) is 74.8 Å². The Morgan fingerprint density at radius 3 is 2.09 bits per heavy atom. The van der Waals surface area contributed by atoms with Crippen LogP contribution in [-0.4, -0.2) is 102 Å². The van der Waals surface area contributed by atoms with Gasteiger partial charge >= 0.3 is 5.51 Å². The third-order valence-corrected chi connectivity index (χ3v) is 14.2. The molecule has 2 aliphatic rings. The Morgan fingerprint density at radius 1 is 0.870 bits per heavy atom. The molecule has 2 saturated heterocycles. The summed E-state index contributed by atoms with van der Waals surface area (Å²) in [6, 6.07) is 18.2. The summed E-state index contributed by atoms with van der Waals surface area (Å²) < 4.78 is 97.0. The first-order valence-electron chi connectivity index (χ1n) is 18.1. The standard InChI is InChI=1S/C38H50F3N5O5S3/c1-28(2)45-24-22-44(23-25-45)19-16-30(27-52-32-8-6-5-7-9-32)42-34-15-14-33(26-35(34)53(48,49)38(39,40)41)54(50,51)43-36(47)29-10-12-31(13-11-29)46-20-17-37(3,4)18-21-46/h5-15,26,28,30,42H,16-25,27H2,1-4H3,(H,43,47). The number of sulfone groups is 1. The highest BCUT2D eigenvalue weighted by Crippen LogP contribution is 2.37. The number of carbonyl (C=O) groups is 1. The van der Waals surface area contributed by atoms with Gasteiger partial charge in [0.2, 0.25) is 0 Å². The van der Waals surface area contributed by atoms with Gasteiger partial charge in [0, 0.05) is 79.8 Å². The van der Waals surface area contributed by atoms with Crippen LogP contribution in [0.25, 0.3) is 0 Å². The number of thioether (sulfide) groups is 1. The van der Waals surface area contributed by atoms with Gasteiger partial charge in [0.1, 0.15) is 4.90 Å². The minimum atomic E-state index is -6.02. The van der Waals surface area contributed by atoms with Crippen LogP contribution in [0.5, 0.6) is 0 Å². The van der Waals surface area contributed by atoms with Crippen LogP contribution in [0.2, 0.25) is 0 Å². The lowest BCUT2D eigenvalue weighted by molar-refractivity contribution is -0.0435. The lowest BCUT2D eigenvalue weighted by atomic mass is 9.82. The van der Waals surface area contributed by atoms with E-state index in [1.54, 1.807) is 12.1 Å². The minimum absolute atomic E-state index is 0.0189. The monoisotopic (exact) mass is 809 g/mol. The summed E-state index contributed by atoms with van der Waals surface area (Å²) in [7, 11) is -10.8. The van der Waals surface area contributed by atoms with Crippen molar-refractivity contribution < 1.29 is 34.8 Å². The fourth-order valence-corrected chi connectivity index (χ4v) is 9.56. The van der Waals surface area contributed by atoms with Crippen LogP contribution in [0.15, 0.2) is 87.5 Å². The molecule has 1 unspecified atom stereocenters. The van der Waals surface area contributed by atoms with E-state index in [-0.39, 0.29) is 16.7 Å². The van der Waals surface area contributed by atoms with E-state index in [9.17, 15) is 34.8 Å². The Kier molecular flexibility index (Phi) is 13.4. The third-order valence-electron chi connectivity index (χ3n) is 10.2. The molecule has 0 bridgehead atoms. The molecule has 5 rings (SSSR count). The molecule has 10 nitrogen and oxygen atoms in total. The zero-order valence-corrected chi connectivity index (χ0v) is 33.6. The number of carbonyl (C=O) groups excluding carboxylic acids is 1. The van der Waals surface area contributed by atoms with Crippen molar-refractivity contribution in [1.29, 1.82) is 0 Å². The van der Waals surface area contributed by atoms with E-state index in [1.165, 1.54) is 23.9 Å². The summed E-state index contributed by atoms with van der Waals surface area (Å²) in [5.41, 5.74) is -4.96. The van der Waals surface area contributed by atoms with Crippen LogP contribution in [0, 0.1) is 5.41 Å². The summed E-state index contributed by atoms with van der Waals surface area (Å²) in [5.74, 6) is -0.609. The Hall–Kier alpha value is -3.31. The molecule has 3 aromatic rings. The molecule has 1 atom stereocenters. The summed E-state index contributed by atoms with van der Waals surface area (Å²) in [6.07, 6.45) is 2.48. The van der Waals surface area contributed by atoms with Gasteiger partial charge in [0.15, 0.2) is 0 Å². The van der Waals surface area contributed by atoms with Crippen LogP contribution < -0.4 is 14.9 Å². The maximum Gasteiger partial charge on any atom is 0.501 e. The number of amides is 1. The second-order valence-electron chi connectivity index (χ2n) is 15.0. The molecule has 3 aromatic carbocycles. The molecule has 1 amide bonds. The van der Waals surface area contributed by atoms with Crippen molar-refractivity contribution in [2.24, 2.45) is 5.41 Å². The van der Waals surface area contributed by atoms with Gasteiger partial charge in [0.05, 0.1) is 10.6 Å². The molecule has 0 saturated carbocycles. The van der Waals surface area contributed by atoms with Crippen molar-refractivity contribution >= 4 is 48.9 Å². The molecule has 0 aromatic heterocycles. The number of halogens is 3. The Labute approximate surface area is 321 Å². The van der Waals surface area contributed by atoms with Gasteiger partial charge in [-0.1, -0.05) is 32.0 Å². The quantitative estimate of drug-likeness (QED) is 0.170. The number of hydrogen-bond acceptors (Lipinski definition) is 10. The lowest BCUT2D eigenvalue weighted by Crippen LogP contribution is -2.49. The highest BCUT2D eigenvalue weighted by atomic mass is 32.2. The first-order chi connectivity index (χ1) is 25.3. The van der Waals surface area contributed by atoms with Gasteiger partial charge in [0.25, 0.3) is 25.8 Å². The van der Waals surface area contributed by atoms with Crippen LogP contribution in [0.1, 0.15) is 57.3 Å². The topological polar surface area (TPSA) is 119 Å². The second-order valence-corrected chi connectivity index (χ2v) is 19.7. The maximum atomic E-state index is 14.1. The van der Waals surface area contributed by atoms with Gasteiger partial charge in [-0.2, -0.15) is 13.2 Å². The van der Waals surface area contributed by atoms with E-state index in [1.807, 2.05) is 35.1 Å². The number of nitrogens with zero attached hydrogens (tertiary/aromatic N) is 3. The zero-order chi connectivity index (χ0) is 39.3. The Bertz CT molecular complexity index is 1940. The zero-order valence-electron chi connectivity index (χ0n) is 31.1. The number of alkyl halides is 3. The van der Waals surface area contributed by atoms with Crippen molar-refractivity contribution in [2.45, 2.75) is 79.2 Å². The molecule has 2 aliphatic heterocycles. The summed E-state index contributed by atoms with van der Waals surface area (Å²) >= 11 is 1.47. The van der Waals surface area contributed by atoms with Crippen molar-refractivity contribution in [2.75, 3.05) is 61.8 Å². The van der Waals surface area contributed by atoms with Crippen molar-refractivity contribution in [3.8, 4) is 0 Å². The van der Waals surface area contributed by atoms with E-state index < -0.39 is 47.1 Å². The maximum absolute atomic E-state index is 14.1. The molecule has 0 aliphatic carbocycles. The molecule has 2 fully saturated rings. The molecule has 54 heavy (non-hydrogen) atoms. The van der Waals surface area contributed by atoms with Gasteiger partial charge in [-0.3, -0.25) is 9.69 Å². The molecule has 2 heterocycles. The molecular weight excluding hydrogens is 760 g/mol. The van der Waals surface area contributed by atoms with E-state index in [4.69, 9.17) is 0 Å². The van der Waals surface area contributed by atoms with Crippen molar-refractivity contribution in [3.05, 3.63) is 78.4 Å². The number of benzene rings is 3. The van der Waals surface area contributed by atoms with Gasteiger partial charge in [-0.05, 0) is 93.1 Å². The molecule has 296 valence electrons. The van der Waals surface area contributed by atoms with E-state index in [0.29, 0.717) is 30.8 Å². The SMILES string of the molecule is CC(C)N1CCN(CCC(CSc2ccccc2)Nc2ccc(S(=O)(=O)NC(=O)c3ccc(N4CCC(C)(C)CC4)cc3)cc2S(=O)(=O)C(F)(F)F)CC1. The minimum Gasteiger partial charge on any atom is -0.380 e. The number of sulfonamides is 1. The van der Waals surface area contributed by atoms with Crippen LogP contribution >= 0.6 is 11.8 Å². The normalized spacial score (nSPS) is 18.0. The molecular formula is C38H50F3N5O5S3. The molecule has 0 radical (unpaired) electrons. The third kappa shape index (κ3) is 10.7. The molecule has 2 N–H and O–H groups in total. The van der Waals surface area contributed by atoms with Crippen LogP contribution in [0.4, 0.5) is 24.5 Å². The second kappa shape index (κ2) is 17.2. The number of rotatable bonds is 14. The lowest BCUT2D eigenvalue weighted by Gasteiger charge is -2.38. The number of piperazine rings is 1. The summed E-state index contributed by atoms with van der Waals surface area (Å²) in [6.45, 7) is 14.4. The average Bonchev–Trinajstić information content (AvgIpc) is 3.12. The highest BCUT2D eigenvalue weighted by molar-refractivity contribution is 7.99. The first kappa shape index (κ1) is 41.8. The Morgan fingerprint density at radius 2 is 1.50 bits per heavy atom. The van der Waals surface area contributed by atoms with E-state index in [2.05, 4.69) is 47.7 Å². The number of piperidine rings is 1. The Balaban J connectivity index is 1.36. The molecule has 16 heteroatoms. The van der Waals surface area contributed by atoms with Crippen molar-refractivity contribution in [3.63, 3.8) is 0 Å². The van der Waals surface area contributed by atoms with Crippen molar-refractivity contribution in [1.82, 2.24) is 14.5 Å². The van der Waals surface area contributed by atoms with E-state index >= 15 is 0 Å². The van der Waals surface area contributed by atoms with Gasteiger partial charge in [-0.15, -0.1) is 11.8 Å². The van der Waals surface area contributed by atoms with Crippen LogP contribution in [-0.2, 0) is 19.9 Å². The van der Waals surface area contributed by atoms with Crippen LogP contribution in [0.3, 0.4) is 0 Å². The average molecular weight is 810 g/mol. The fourth-order valence-electron chi connectivity index (χ4n) is 6.54. The largest absolute Gasteiger partial charge is 0.501 e. The van der Waals surface area contributed by atoms with Gasteiger partial charge in [-0.25, -0.2) is 21.6 Å². The van der Waals surface area contributed by atoms with Gasteiger partial charge < -0.3 is 15.1 Å². The number of nitrogens with one attached hydrogen (secondary N) is 2. The molecule has 0 spiro atoms. The number of anilines is 2. The summed E-state index contributed by atoms with van der Waals surface area (Å²) in [4.78, 5) is 18.8.